The van der Waals surface area contributed by atoms with E-state index in [9.17, 15) is 5.26 Å². The molecule has 0 amide bonds. The maximum atomic E-state index is 9.69. The highest BCUT2D eigenvalue weighted by Gasteiger charge is 2.52. The van der Waals surface area contributed by atoms with E-state index in [0.29, 0.717) is 35.1 Å². The third-order valence-electron chi connectivity index (χ3n) is 12.7. The highest BCUT2D eigenvalue weighted by Crippen LogP contribution is 2.52. The third kappa shape index (κ3) is 12.5. The minimum atomic E-state index is -1.82. The molecule has 17 heteroatoms. The predicted octanol–water partition coefficient (Wildman–Crippen LogP) is 12.0. The molecule has 1 saturated heterocycles. The van der Waals surface area contributed by atoms with E-state index in [2.05, 4.69) is 75.2 Å². The lowest BCUT2D eigenvalue weighted by molar-refractivity contribution is -0.0963. The molecule has 5 atom stereocenters. The Kier molecular flexibility index (Phi) is 17.8. The van der Waals surface area contributed by atoms with Gasteiger partial charge in [-0.05, 0) is 92.4 Å². The van der Waals surface area contributed by atoms with Crippen molar-refractivity contribution in [1.82, 2.24) is 24.2 Å². The van der Waals surface area contributed by atoms with Crippen LogP contribution in [0, 0.1) is 11.3 Å². The first-order chi connectivity index (χ1) is 35.3. The zero-order valence-electron chi connectivity index (χ0n) is 43.2. The Bertz CT molecular complexity index is 2780. The number of aromatic nitrogens is 4. The molecule has 73 heavy (non-hydrogen) atoms. The summed E-state index contributed by atoms with van der Waals surface area (Å²) in [6.45, 7) is 16.2. The summed E-state index contributed by atoms with van der Waals surface area (Å²) in [4.78, 5) is 14.2. The third-order valence-corrected chi connectivity index (χ3v) is 16.5. The van der Waals surface area contributed by atoms with Crippen molar-refractivity contribution in [3.05, 3.63) is 156 Å². The Morgan fingerprint density at radius 2 is 1.44 bits per heavy atom. The van der Waals surface area contributed by atoms with Crippen LogP contribution in [0.4, 0.5) is 0 Å². The number of rotatable bonds is 25. The number of benzene rings is 4. The Labute approximate surface area is 431 Å². The van der Waals surface area contributed by atoms with Gasteiger partial charge in [-0.25, -0.2) is 14.6 Å². The quantitative estimate of drug-likeness (QED) is 0.0230. The summed E-state index contributed by atoms with van der Waals surface area (Å²) in [5.41, 5.74) is 4.28. The summed E-state index contributed by atoms with van der Waals surface area (Å²) < 4.78 is 63.5. The van der Waals surface area contributed by atoms with E-state index in [4.69, 9.17) is 51.9 Å². The van der Waals surface area contributed by atoms with E-state index in [-0.39, 0.29) is 38.3 Å². The molecule has 7 aromatic rings. The maximum Gasteiger partial charge on any atom is 0.259 e. The average molecular weight is 1030 g/mol. The average Bonchev–Trinajstić information content (AvgIpc) is 4.17. The fraction of sp³-hybridized carbons (Fsp3) is 0.393. The van der Waals surface area contributed by atoms with Crippen LogP contribution in [0.2, 0.25) is 25.7 Å². The van der Waals surface area contributed by atoms with Crippen LogP contribution in [0.1, 0.15) is 62.6 Å². The smallest absolute Gasteiger partial charge is 0.259 e. The molecular formula is C56H67N6O9PSi. The van der Waals surface area contributed by atoms with Crippen LogP contribution in [0.15, 0.2) is 139 Å². The number of methoxy groups -OCH3 is 2. The summed E-state index contributed by atoms with van der Waals surface area (Å²) >= 11 is 0. The number of imidazole rings is 1. The summed E-state index contributed by atoms with van der Waals surface area (Å²) in [5.74, 6) is 2.58. The molecule has 4 heterocycles. The van der Waals surface area contributed by atoms with Gasteiger partial charge < -0.3 is 41.9 Å². The lowest BCUT2D eigenvalue weighted by atomic mass is 9.80. The number of furan rings is 1. The lowest BCUT2D eigenvalue weighted by Crippen LogP contribution is -2.43. The largest absolute Gasteiger partial charge is 0.497 e. The molecule has 4 aromatic carbocycles. The molecule has 1 unspecified atom stereocenters. The van der Waals surface area contributed by atoms with E-state index in [1.807, 2.05) is 108 Å². The van der Waals surface area contributed by atoms with Crippen molar-refractivity contribution in [3.63, 3.8) is 0 Å². The first kappa shape index (κ1) is 53.3. The first-order valence-corrected chi connectivity index (χ1v) is 29.6. The second-order valence-electron chi connectivity index (χ2n) is 19.6. The summed E-state index contributed by atoms with van der Waals surface area (Å²) in [6, 6.07) is 41.1. The van der Waals surface area contributed by atoms with Gasteiger partial charge in [0.25, 0.3) is 8.53 Å². The minimum absolute atomic E-state index is 0.00319. The fourth-order valence-corrected chi connectivity index (χ4v) is 11.5. The van der Waals surface area contributed by atoms with Gasteiger partial charge in [-0.3, -0.25) is 4.57 Å². The maximum absolute atomic E-state index is 9.69. The van der Waals surface area contributed by atoms with Crippen molar-refractivity contribution in [2.75, 3.05) is 34.0 Å². The van der Waals surface area contributed by atoms with Crippen molar-refractivity contribution in [1.29, 1.82) is 5.26 Å². The van der Waals surface area contributed by atoms with Crippen LogP contribution in [0.25, 0.3) is 22.5 Å². The molecule has 15 nitrogen and oxygen atoms in total. The van der Waals surface area contributed by atoms with Crippen LogP contribution in [0.5, 0.6) is 17.4 Å². The van der Waals surface area contributed by atoms with Crippen LogP contribution in [-0.2, 0) is 35.5 Å². The molecule has 8 rings (SSSR count). The van der Waals surface area contributed by atoms with Crippen molar-refractivity contribution < 1.29 is 41.9 Å². The monoisotopic (exact) mass is 1030 g/mol. The summed E-state index contributed by atoms with van der Waals surface area (Å²) in [5, 5.41) is 9.69. The molecule has 3 aromatic heterocycles. The predicted molar refractivity (Wildman–Crippen MR) is 284 cm³/mol. The van der Waals surface area contributed by atoms with Gasteiger partial charge in [0.15, 0.2) is 17.4 Å². The van der Waals surface area contributed by atoms with Crippen LogP contribution in [0.3, 0.4) is 0 Å². The van der Waals surface area contributed by atoms with Crippen molar-refractivity contribution in [3.8, 4) is 34.8 Å². The summed E-state index contributed by atoms with van der Waals surface area (Å²) in [6.07, 6.45) is 1.76. The van der Waals surface area contributed by atoms with Gasteiger partial charge in [-0.15, -0.1) is 0 Å². The zero-order chi connectivity index (χ0) is 51.5. The minimum Gasteiger partial charge on any atom is -0.497 e. The van der Waals surface area contributed by atoms with E-state index < -0.39 is 46.7 Å². The van der Waals surface area contributed by atoms with Crippen molar-refractivity contribution >= 4 is 27.8 Å². The van der Waals surface area contributed by atoms with E-state index in [0.717, 1.165) is 39.6 Å². The van der Waals surface area contributed by atoms with Crippen molar-refractivity contribution in [2.24, 2.45) is 0 Å². The first-order valence-electron chi connectivity index (χ1n) is 24.8. The van der Waals surface area contributed by atoms with E-state index >= 15 is 0 Å². The van der Waals surface area contributed by atoms with E-state index in [1.165, 1.54) is 6.33 Å². The van der Waals surface area contributed by atoms with Gasteiger partial charge in [-0.1, -0.05) is 98.5 Å². The Morgan fingerprint density at radius 1 is 0.781 bits per heavy atom. The molecule has 1 fully saturated rings. The highest BCUT2D eigenvalue weighted by molar-refractivity contribution is 7.44. The second-order valence-corrected chi connectivity index (χ2v) is 26.6. The van der Waals surface area contributed by atoms with E-state index in [1.54, 1.807) is 26.8 Å². The van der Waals surface area contributed by atoms with Gasteiger partial charge in [-0.2, -0.15) is 10.2 Å². The molecular weight excluding hydrogens is 960 g/mol. The van der Waals surface area contributed by atoms with Gasteiger partial charge in [0.1, 0.15) is 47.5 Å². The Balaban J connectivity index is 1.26. The number of nitriles is 1. The number of fused-ring (bicyclic) bond motifs is 1. The van der Waals surface area contributed by atoms with Gasteiger partial charge in [0.2, 0.25) is 5.88 Å². The standard InChI is InChI=1S/C56H67N6O9PSi/c1-39(2)62(40(3)4)72(69-32-14-30-57)71-51-49(36-68-56(43-15-11-10-12-16-43,44-22-26-46(63-5)27-23-44)45-24-28-47(64-6)29-25-45)70-55(52(51)67-35-41-18-20-42(21-19-41)48-17-13-31-65-48)61-38-60-50-53(61)58-37-59-54(50)66-33-34-73(7,8)9/h10-13,15-29,31,37-40,49,51-52,55H,14,32-36H2,1-9H3/t49-,51-,52-,55-,72?/m1/s1. The fourth-order valence-electron chi connectivity index (χ4n) is 9.03. The molecule has 1 aliphatic heterocycles. The molecule has 384 valence electrons. The van der Waals surface area contributed by atoms with Crippen molar-refractivity contribution in [2.45, 2.75) is 109 Å². The number of ether oxygens (including phenoxy) is 6. The topological polar surface area (TPSA) is 158 Å². The molecule has 0 radical (unpaired) electrons. The number of nitrogens with zero attached hydrogens (tertiary/aromatic N) is 6. The normalized spacial score (nSPS) is 17.6. The summed E-state index contributed by atoms with van der Waals surface area (Å²) in [7, 11) is 0.0629. The lowest BCUT2D eigenvalue weighted by Gasteiger charge is -2.39. The van der Waals surface area contributed by atoms with Gasteiger partial charge in [0.05, 0.1) is 65.7 Å². The zero-order valence-corrected chi connectivity index (χ0v) is 45.1. The molecule has 0 N–H and O–H groups in total. The van der Waals surface area contributed by atoms with Crippen LogP contribution < -0.4 is 14.2 Å². The van der Waals surface area contributed by atoms with Crippen LogP contribution >= 0.6 is 8.53 Å². The number of hydrogen-bond acceptors (Lipinski definition) is 14. The molecule has 0 aliphatic carbocycles. The van der Waals surface area contributed by atoms with Gasteiger partial charge in [0, 0.05) is 25.7 Å². The van der Waals surface area contributed by atoms with Gasteiger partial charge >= 0.3 is 0 Å². The SMILES string of the molecule is COc1ccc(C(OC[C@H]2O[C@@H](n3cnc4c(OCC[Si](C)(C)C)ncnc43)[C@H](OCc3ccc(-c4ccco4)cc3)[C@@H]2OP(OCCC#N)N(C(C)C)C(C)C)(c2ccccc2)c2ccc(OC)cc2)cc1. The van der Waals surface area contributed by atoms with Crippen LogP contribution in [-0.4, -0.2) is 96.7 Å². The molecule has 1 aliphatic rings. The second kappa shape index (κ2) is 24.4. The molecule has 0 bridgehead atoms. The molecule has 0 spiro atoms. The Hall–Kier alpha value is -5.99. The highest BCUT2D eigenvalue weighted by atomic mass is 31.2. The number of hydrogen-bond donors (Lipinski definition) is 0. The molecule has 0 saturated carbocycles. The Morgan fingerprint density at radius 3 is 2.03 bits per heavy atom.